The van der Waals surface area contributed by atoms with Crippen molar-refractivity contribution >= 4 is 0 Å². The molecule has 0 saturated heterocycles. The molecular weight excluding hydrogens is 202 g/mol. The molecule has 3 rings (SSSR count). The Morgan fingerprint density at radius 3 is 3.00 bits per heavy atom. The maximum Gasteiger partial charge on any atom is 0.217 e. The summed E-state index contributed by atoms with van der Waals surface area (Å²) in [5, 5.41) is 10.8. The van der Waals surface area contributed by atoms with Crippen LogP contribution in [0.15, 0.2) is 34.9 Å². The van der Waals surface area contributed by atoms with Gasteiger partial charge < -0.3 is 0 Å². The second kappa shape index (κ2) is 3.58. The molecule has 3 heteroatoms. The number of allylic oxidation sites excluding steroid dienone is 5. The van der Waals surface area contributed by atoms with Gasteiger partial charge in [-0.15, -0.1) is 0 Å². The van der Waals surface area contributed by atoms with Crippen LogP contribution in [0.25, 0.3) is 0 Å². The normalized spacial score (nSPS) is 32.1. The molecule has 2 bridgehead atoms. The minimum atomic E-state index is -0.351. The monoisotopic (exact) mass is 217 g/mol. The van der Waals surface area contributed by atoms with Crippen LogP contribution in [0.2, 0.25) is 0 Å². The number of rotatable bonds is 1. The molecule has 0 fully saturated rings. The summed E-state index contributed by atoms with van der Waals surface area (Å²) in [5.74, 6) is 0.658. The van der Waals surface area contributed by atoms with E-state index in [0.29, 0.717) is 12.3 Å². The summed E-state index contributed by atoms with van der Waals surface area (Å²) in [7, 11) is 0. The Balaban J connectivity index is 1.90. The van der Waals surface area contributed by atoms with Gasteiger partial charge in [0.2, 0.25) is 6.04 Å². The van der Waals surface area contributed by atoms with Crippen LogP contribution in [0, 0.1) is 16.0 Å². The summed E-state index contributed by atoms with van der Waals surface area (Å²) in [6.45, 7) is 0. The first-order chi connectivity index (χ1) is 7.72. The molecule has 0 saturated carbocycles. The van der Waals surface area contributed by atoms with E-state index in [-0.39, 0.29) is 11.0 Å². The van der Waals surface area contributed by atoms with E-state index in [1.165, 1.54) is 16.7 Å². The summed E-state index contributed by atoms with van der Waals surface area (Å²) < 4.78 is 0. The van der Waals surface area contributed by atoms with Crippen molar-refractivity contribution in [1.82, 2.24) is 0 Å². The Kier molecular flexibility index (Phi) is 2.20. The van der Waals surface area contributed by atoms with Crippen LogP contribution in [-0.4, -0.2) is 11.0 Å². The van der Waals surface area contributed by atoms with Gasteiger partial charge in [-0.05, 0) is 36.3 Å². The van der Waals surface area contributed by atoms with Gasteiger partial charge in [-0.2, -0.15) is 0 Å². The molecule has 0 amide bonds. The van der Waals surface area contributed by atoms with E-state index in [0.717, 1.165) is 25.7 Å². The van der Waals surface area contributed by atoms with Gasteiger partial charge in [-0.1, -0.05) is 23.8 Å². The molecule has 0 spiro atoms. The molecule has 3 aliphatic carbocycles. The smallest absolute Gasteiger partial charge is 0.217 e. The van der Waals surface area contributed by atoms with E-state index in [1.54, 1.807) is 0 Å². The SMILES string of the molecule is O=[N+]([O-])C1CCC2=C(C=C3C=CC(C3)C2)C1. The number of fused-ring (bicyclic) bond motifs is 2. The van der Waals surface area contributed by atoms with E-state index in [4.69, 9.17) is 0 Å². The lowest BCUT2D eigenvalue weighted by Crippen LogP contribution is -2.24. The largest absolute Gasteiger partial charge is 0.264 e. The van der Waals surface area contributed by atoms with Gasteiger partial charge in [0.15, 0.2) is 0 Å². The molecule has 0 radical (unpaired) electrons. The molecule has 2 unspecified atom stereocenters. The molecule has 0 aliphatic heterocycles. The lowest BCUT2D eigenvalue weighted by Gasteiger charge is -2.21. The highest BCUT2D eigenvalue weighted by atomic mass is 16.6. The maximum absolute atomic E-state index is 10.8. The van der Waals surface area contributed by atoms with Gasteiger partial charge in [0.25, 0.3) is 0 Å². The van der Waals surface area contributed by atoms with Gasteiger partial charge in [-0.3, -0.25) is 10.1 Å². The Morgan fingerprint density at radius 2 is 2.19 bits per heavy atom. The molecule has 0 aromatic carbocycles. The zero-order valence-electron chi connectivity index (χ0n) is 9.19. The van der Waals surface area contributed by atoms with Crippen LogP contribution in [0.3, 0.4) is 0 Å². The highest BCUT2D eigenvalue weighted by Crippen LogP contribution is 2.39. The zero-order valence-corrected chi connectivity index (χ0v) is 9.19. The molecule has 3 aliphatic rings. The van der Waals surface area contributed by atoms with Gasteiger partial charge in [0.05, 0.1) is 0 Å². The van der Waals surface area contributed by atoms with E-state index >= 15 is 0 Å². The average molecular weight is 217 g/mol. The van der Waals surface area contributed by atoms with E-state index in [2.05, 4.69) is 18.2 Å². The van der Waals surface area contributed by atoms with Gasteiger partial charge in [0.1, 0.15) is 0 Å². The number of hydrogen-bond donors (Lipinski definition) is 0. The van der Waals surface area contributed by atoms with Gasteiger partial charge in [-0.25, -0.2) is 0 Å². The number of nitro groups is 1. The molecular formula is C13H15NO2. The van der Waals surface area contributed by atoms with Crippen molar-refractivity contribution in [3.8, 4) is 0 Å². The van der Waals surface area contributed by atoms with Gasteiger partial charge in [0, 0.05) is 17.8 Å². The predicted octanol–water partition coefficient (Wildman–Crippen LogP) is 3.02. The highest BCUT2D eigenvalue weighted by molar-refractivity contribution is 5.41. The van der Waals surface area contributed by atoms with Crippen molar-refractivity contribution in [1.29, 1.82) is 0 Å². The molecule has 16 heavy (non-hydrogen) atoms. The molecule has 0 N–H and O–H groups in total. The Morgan fingerprint density at radius 1 is 1.31 bits per heavy atom. The minimum absolute atomic E-state index is 0.110. The summed E-state index contributed by atoms with van der Waals surface area (Å²) in [5.41, 5.74) is 4.09. The first-order valence-corrected chi connectivity index (χ1v) is 5.95. The summed E-state index contributed by atoms with van der Waals surface area (Å²) in [4.78, 5) is 10.7. The average Bonchev–Trinajstić information content (AvgIpc) is 2.59. The minimum Gasteiger partial charge on any atom is -0.264 e. The lowest BCUT2D eigenvalue weighted by atomic mass is 9.85. The Labute approximate surface area is 94.7 Å². The maximum atomic E-state index is 10.8. The van der Waals surface area contributed by atoms with Crippen molar-refractivity contribution in [2.75, 3.05) is 0 Å². The molecule has 2 atom stereocenters. The van der Waals surface area contributed by atoms with Gasteiger partial charge >= 0.3 is 0 Å². The standard InChI is InChI=1S/C13H15NO2/c15-14(16)13-4-3-11-6-9-1-2-10(5-9)7-12(11)8-13/h1-2,7,9,13H,3-6,8H2. The van der Waals surface area contributed by atoms with E-state index < -0.39 is 0 Å². The summed E-state index contributed by atoms with van der Waals surface area (Å²) >= 11 is 0. The molecule has 3 nitrogen and oxygen atoms in total. The molecule has 84 valence electrons. The quantitative estimate of drug-likeness (QED) is 0.500. The first-order valence-electron chi connectivity index (χ1n) is 5.95. The second-order valence-electron chi connectivity index (χ2n) is 5.06. The predicted molar refractivity (Wildman–Crippen MR) is 61.6 cm³/mol. The van der Waals surface area contributed by atoms with Crippen molar-refractivity contribution < 1.29 is 4.92 Å². The second-order valence-corrected chi connectivity index (χ2v) is 5.06. The molecule has 0 aromatic heterocycles. The van der Waals surface area contributed by atoms with Crippen LogP contribution >= 0.6 is 0 Å². The van der Waals surface area contributed by atoms with Crippen molar-refractivity contribution in [3.63, 3.8) is 0 Å². The van der Waals surface area contributed by atoms with Crippen LogP contribution in [0.4, 0.5) is 0 Å². The van der Waals surface area contributed by atoms with Crippen molar-refractivity contribution in [2.24, 2.45) is 5.92 Å². The zero-order chi connectivity index (χ0) is 11.1. The third-order valence-corrected chi connectivity index (χ3v) is 3.94. The molecule has 0 heterocycles. The van der Waals surface area contributed by atoms with Crippen LogP contribution in [0.5, 0.6) is 0 Å². The summed E-state index contributed by atoms with van der Waals surface area (Å²) in [6.07, 6.45) is 11.2. The van der Waals surface area contributed by atoms with Crippen LogP contribution in [-0.2, 0) is 0 Å². The van der Waals surface area contributed by atoms with E-state index in [1.807, 2.05) is 0 Å². The van der Waals surface area contributed by atoms with Crippen LogP contribution < -0.4 is 0 Å². The Hall–Kier alpha value is -1.38. The topological polar surface area (TPSA) is 43.1 Å². The first kappa shape index (κ1) is 9.82. The molecule has 0 aromatic rings. The third kappa shape index (κ3) is 1.60. The lowest BCUT2D eigenvalue weighted by molar-refractivity contribution is -0.523. The van der Waals surface area contributed by atoms with E-state index in [9.17, 15) is 10.1 Å². The van der Waals surface area contributed by atoms with Crippen molar-refractivity contribution in [3.05, 3.63) is 45.1 Å². The third-order valence-electron chi connectivity index (χ3n) is 3.94. The fourth-order valence-electron chi connectivity index (χ4n) is 3.06. The number of nitrogens with zero attached hydrogens (tertiary/aromatic N) is 1. The van der Waals surface area contributed by atoms with Crippen molar-refractivity contribution in [2.45, 2.75) is 38.1 Å². The number of hydrogen-bond acceptors (Lipinski definition) is 2. The fourth-order valence-corrected chi connectivity index (χ4v) is 3.06. The highest BCUT2D eigenvalue weighted by Gasteiger charge is 2.30. The van der Waals surface area contributed by atoms with Crippen LogP contribution in [0.1, 0.15) is 32.1 Å². The Bertz CT molecular complexity index is 431. The summed E-state index contributed by atoms with van der Waals surface area (Å²) in [6, 6.07) is -0.351. The fraction of sp³-hybridized carbons (Fsp3) is 0.538.